The second-order valence-corrected chi connectivity index (χ2v) is 3.53. The number of non-ortho nitro benzene ring substituents is 1. The molecule has 1 aromatic carbocycles. The highest BCUT2D eigenvalue weighted by Gasteiger charge is 2.17. The van der Waals surface area contributed by atoms with E-state index in [2.05, 4.69) is 9.97 Å². The number of benzene rings is 1. The van der Waals surface area contributed by atoms with Crippen molar-refractivity contribution in [2.75, 3.05) is 5.01 Å². The Kier molecular flexibility index (Phi) is 3.44. The summed E-state index contributed by atoms with van der Waals surface area (Å²) in [7, 11) is 0. The van der Waals surface area contributed by atoms with E-state index in [0.717, 1.165) is 5.01 Å². The van der Waals surface area contributed by atoms with Gasteiger partial charge in [-0.25, -0.2) is 20.8 Å². The van der Waals surface area contributed by atoms with Crippen molar-refractivity contribution in [3.05, 3.63) is 58.4 Å². The van der Waals surface area contributed by atoms with E-state index >= 15 is 0 Å². The number of hydrogen-bond acceptors (Lipinski definition) is 6. The summed E-state index contributed by atoms with van der Waals surface area (Å²) < 4.78 is 0. The summed E-state index contributed by atoms with van der Waals surface area (Å²) >= 11 is 0. The van der Waals surface area contributed by atoms with Gasteiger partial charge in [0.15, 0.2) is 0 Å². The van der Waals surface area contributed by atoms with Gasteiger partial charge in [-0.15, -0.1) is 0 Å². The lowest BCUT2D eigenvalue weighted by Gasteiger charge is -2.13. The van der Waals surface area contributed by atoms with E-state index in [9.17, 15) is 14.9 Å². The summed E-state index contributed by atoms with van der Waals surface area (Å²) in [6.45, 7) is 0. The molecule has 0 bridgehead atoms. The number of nitrogens with zero attached hydrogens (tertiary/aromatic N) is 4. The summed E-state index contributed by atoms with van der Waals surface area (Å²) in [5.74, 6) is 5.09. The van der Waals surface area contributed by atoms with Gasteiger partial charge in [-0.05, 0) is 18.2 Å². The van der Waals surface area contributed by atoms with Gasteiger partial charge in [0.05, 0.1) is 4.92 Å². The number of carbonyl (C=O) groups excluding carboxylic acids is 1. The molecule has 2 rings (SSSR count). The molecule has 8 nitrogen and oxygen atoms in total. The van der Waals surface area contributed by atoms with Gasteiger partial charge >= 0.3 is 0 Å². The quantitative estimate of drug-likeness (QED) is 0.379. The summed E-state index contributed by atoms with van der Waals surface area (Å²) in [6.07, 6.45) is 2.90. The van der Waals surface area contributed by atoms with Crippen molar-refractivity contribution >= 4 is 17.5 Å². The zero-order valence-electron chi connectivity index (χ0n) is 9.63. The van der Waals surface area contributed by atoms with E-state index in [1.54, 1.807) is 6.07 Å². The molecule has 0 fully saturated rings. The van der Waals surface area contributed by atoms with Crippen LogP contribution in [0, 0.1) is 10.1 Å². The number of hydrogen-bond donors (Lipinski definition) is 1. The number of nitrogens with two attached hydrogens (primary N) is 1. The summed E-state index contributed by atoms with van der Waals surface area (Å²) in [4.78, 5) is 29.6. The van der Waals surface area contributed by atoms with E-state index in [4.69, 9.17) is 5.84 Å². The molecule has 1 aromatic heterocycles. The van der Waals surface area contributed by atoms with Gasteiger partial charge in [0.25, 0.3) is 11.6 Å². The number of nitro benzene ring substituents is 1. The highest BCUT2D eigenvalue weighted by molar-refractivity contribution is 6.04. The Morgan fingerprint density at radius 3 is 2.32 bits per heavy atom. The minimum Gasteiger partial charge on any atom is -0.267 e. The van der Waals surface area contributed by atoms with Gasteiger partial charge in [0.1, 0.15) is 0 Å². The lowest BCUT2D eigenvalue weighted by Crippen LogP contribution is -2.38. The lowest BCUT2D eigenvalue weighted by atomic mass is 10.2. The van der Waals surface area contributed by atoms with Crippen molar-refractivity contribution in [2.24, 2.45) is 5.84 Å². The molecule has 19 heavy (non-hydrogen) atoms. The van der Waals surface area contributed by atoms with Crippen LogP contribution in [0.3, 0.4) is 0 Å². The summed E-state index contributed by atoms with van der Waals surface area (Å²) in [5.41, 5.74) is 0.108. The van der Waals surface area contributed by atoms with Crippen molar-refractivity contribution in [3.8, 4) is 0 Å². The van der Waals surface area contributed by atoms with Gasteiger partial charge in [-0.2, -0.15) is 0 Å². The number of aromatic nitrogens is 2. The third kappa shape index (κ3) is 2.69. The number of anilines is 1. The Morgan fingerprint density at radius 1 is 1.21 bits per heavy atom. The molecule has 2 N–H and O–H groups in total. The van der Waals surface area contributed by atoms with E-state index < -0.39 is 10.8 Å². The molecule has 8 heteroatoms. The molecule has 0 aliphatic carbocycles. The van der Waals surface area contributed by atoms with Crippen LogP contribution < -0.4 is 10.9 Å². The maximum Gasteiger partial charge on any atom is 0.275 e. The van der Waals surface area contributed by atoms with E-state index in [1.807, 2.05) is 0 Å². The first kappa shape index (κ1) is 12.6. The highest BCUT2D eigenvalue weighted by Crippen LogP contribution is 2.14. The van der Waals surface area contributed by atoms with Gasteiger partial charge < -0.3 is 0 Å². The third-order valence-corrected chi connectivity index (χ3v) is 2.31. The monoisotopic (exact) mass is 259 g/mol. The predicted molar refractivity (Wildman–Crippen MR) is 66.1 cm³/mol. The summed E-state index contributed by atoms with van der Waals surface area (Å²) in [5, 5.41) is 11.3. The normalized spacial score (nSPS) is 9.95. The third-order valence-electron chi connectivity index (χ3n) is 2.31. The molecule has 0 saturated carbocycles. The van der Waals surface area contributed by atoms with Crippen LogP contribution in [0.4, 0.5) is 11.6 Å². The maximum absolute atomic E-state index is 12.0. The molecular formula is C11H9N5O3. The molecule has 1 amide bonds. The Hall–Kier alpha value is -2.87. The van der Waals surface area contributed by atoms with Crippen LogP contribution in [0.2, 0.25) is 0 Å². The van der Waals surface area contributed by atoms with Crippen LogP contribution in [-0.4, -0.2) is 20.8 Å². The second kappa shape index (κ2) is 5.19. The topological polar surface area (TPSA) is 115 Å². The Balaban J connectivity index is 2.22. The van der Waals surface area contributed by atoms with Gasteiger partial charge in [-0.1, -0.05) is 0 Å². The SMILES string of the molecule is NN(C(=O)c1ccc([N+](=O)[O-])cc1)c1ncccn1. The zero-order valence-corrected chi connectivity index (χ0v) is 9.63. The largest absolute Gasteiger partial charge is 0.275 e. The number of carbonyl (C=O) groups is 1. The Labute approximate surface area is 107 Å². The number of nitro groups is 1. The minimum absolute atomic E-state index is 0.0471. The van der Waals surface area contributed by atoms with Crippen molar-refractivity contribution < 1.29 is 9.72 Å². The molecule has 0 spiro atoms. The fraction of sp³-hybridized carbons (Fsp3) is 0. The molecule has 2 aromatic rings. The first-order chi connectivity index (χ1) is 9.09. The molecule has 0 aliphatic rings. The zero-order chi connectivity index (χ0) is 13.8. The second-order valence-electron chi connectivity index (χ2n) is 3.53. The predicted octanol–water partition coefficient (Wildman–Crippen LogP) is 0.905. The number of rotatable bonds is 3. The van der Waals surface area contributed by atoms with Gasteiger partial charge in [-0.3, -0.25) is 14.9 Å². The lowest BCUT2D eigenvalue weighted by molar-refractivity contribution is -0.384. The summed E-state index contributed by atoms with van der Waals surface area (Å²) in [6, 6.07) is 6.69. The first-order valence-corrected chi connectivity index (χ1v) is 5.20. The minimum atomic E-state index is -0.555. The molecule has 0 unspecified atom stereocenters. The molecule has 0 radical (unpaired) electrons. The average Bonchev–Trinajstić information content (AvgIpc) is 2.46. The molecular weight excluding hydrogens is 250 g/mol. The van der Waals surface area contributed by atoms with E-state index in [1.165, 1.54) is 36.7 Å². The highest BCUT2D eigenvalue weighted by atomic mass is 16.6. The Bertz CT molecular complexity index is 599. The molecule has 0 saturated heterocycles. The van der Waals surface area contributed by atoms with Crippen LogP contribution in [0.5, 0.6) is 0 Å². The van der Waals surface area contributed by atoms with Crippen LogP contribution in [-0.2, 0) is 0 Å². The van der Waals surface area contributed by atoms with E-state index in [-0.39, 0.29) is 17.2 Å². The average molecular weight is 259 g/mol. The first-order valence-electron chi connectivity index (χ1n) is 5.20. The van der Waals surface area contributed by atoms with Crippen LogP contribution in [0.1, 0.15) is 10.4 Å². The van der Waals surface area contributed by atoms with Crippen LogP contribution in [0.15, 0.2) is 42.7 Å². The fourth-order valence-corrected chi connectivity index (χ4v) is 1.37. The number of amides is 1. The molecule has 0 atom stereocenters. The molecule has 1 heterocycles. The van der Waals surface area contributed by atoms with Crippen LogP contribution >= 0.6 is 0 Å². The van der Waals surface area contributed by atoms with Gasteiger partial charge in [0, 0.05) is 30.1 Å². The van der Waals surface area contributed by atoms with Gasteiger partial charge in [0.2, 0.25) is 5.95 Å². The van der Waals surface area contributed by atoms with Crippen molar-refractivity contribution in [2.45, 2.75) is 0 Å². The number of hydrazine groups is 1. The maximum atomic E-state index is 12.0. The smallest absolute Gasteiger partial charge is 0.267 e. The van der Waals surface area contributed by atoms with E-state index in [0.29, 0.717) is 0 Å². The molecule has 0 aliphatic heterocycles. The standard InChI is InChI=1S/C11H9N5O3/c12-15(11-13-6-1-7-14-11)10(17)8-2-4-9(5-3-8)16(18)19/h1-7H,12H2. The van der Waals surface area contributed by atoms with Crippen molar-refractivity contribution in [1.29, 1.82) is 0 Å². The fourth-order valence-electron chi connectivity index (χ4n) is 1.37. The van der Waals surface area contributed by atoms with Crippen LogP contribution in [0.25, 0.3) is 0 Å². The van der Waals surface area contributed by atoms with Crippen molar-refractivity contribution in [3.63, 3.8) is 0 Å². The Morgan fingerprint density at radius 2 is 1.79 bits per heavy atom. The molecule has 96 valence electrons. The van der Waals surface area contributed by atoms with Crippen molar-refractivity contribution in [1.82, 2.24) is 9.97 Å².